The number of carbonyl (C=O) groups excluding carboxylic acids is 1. The van der Waals surface area contributed by atoms with Crippen LogP contribution in [0, 0.1) is 0 Å². The normalized spacial score (nSPS) is 13.9. The molecule has 6 nitrogen and oxygen atoms in total. The van der Waals surface area contributed by atoms with Crippen molar-refractivity contribution in [2.75, 3.05) is 18.6 Å². The van der Waals surface area contributed by atoms with Gasteiger partial charge in [0.25, 0.3) is 0 Å². The predicted molar refractivity (Wildman–Crippen MR) is 73.4 cm³/mol. The van der Waals surface area contributed by atoms with Gasteiger partial charge in [-0.15, -0.1) is 0 Å². The van der Waals surface area contributed by atoms with E-state index in [4.69, 9.17) is 16.6 Å². The molecule has 0 spiro atoms. The summed E-state index contributed by atoms with van der Waals surface area (Å²) in [7, 11) is 0. The minimum absolute atomic E-state index is 0.401. The van der Waals surface area contributed by atoms with Crippen LogP contribution < -0.4 is 16.8 Å². The third kappa shape index (κ3) is 7.52. The summed E-state index contributed by atoms with van der Waals surface area (Å²) in [6.07, 6.45) is 4.40. The average Bonchev–Trinajstić information content (AvgIpc) is 2.33. The zero-order valence-electron chi connectivity index (χ0n) is 10.7. The van der Waals surface area contributed by atoms with E-state index in [0.717, 1.165) is 12.8 Å². The number of hydrogen-bond acceptors (Lipinski definition) is 5. The van der Waals surface area contributed by atoms with E-state index in [0.29, 0.717) is 25.1 Å². The minimum atomic E-state index is -1.02. The Labute approximate surface area is 112 Å². The summed E-state index contributed by atoms with van der Waals surface area (Å²) in [5.41, 5.74) is 11.0. The Balaban J connectivity index is 4.10. The molecule has 0 aromatic rings. The fourth-order valence-corrected chi connectivity index (χ4v) is 1.88. The van der Waals surface area contributed by atoms with E-state index in [9.17, 15) is 9.59 Å². The molecule has 0 radical (unpaired) electrons. The van der Waals surface area contributed by atoms with Crippen molar-refractivity contribution in [1.29, 1.82) is 0 Å². The molecule has 2 atom stereocenters. The molecule has 0 aromatic heterocycles. The van der Waals surface area contributed by atoms with Gasteiger partial charge in [0, 0.05) is 0 Å². The standard InChI is InChI=1S/C11H23N3O3S/c1-18-7-5-9(11(16)17)14-10(15)8(13)4-2-3-6-12/h8-9H,2-7,12-13H2,1H3,(H,14,15)(H,16,17). The molecular formula is C11H23N3O3S. The topological polar surface area (TPSA) is 118 Å². The molecule has 0 aliphatic heterocycles. The fraction of sp³-hybridized carbons (Fsp3) is 0.818. The summed E-state index contributed by atoms with van der Waals surface area (Å²) >= 11 is 1.54. The van der Waals surface area contributed by atoms with Gasteiger partial charge in [0.1, 0.15) is 6.04 Å². The van der Waals surface area contributed by atoms with E-state index in [1.54, 1.807) is 0 Å². The predicted octanol–water partition coefficient (Wildman–Crippen LogP) is -0.235. The van der Waals surface area contributed by atoms with E-state index >= 15 is 0 Å². The zero-order chi connectivity index (χ0) is 14.0. The Kier molecular flexibility index (Phi) is 9.72. The van der Waals surface area contributed by atoms with Crippen LogP contribution in [-0.4, -0.2) is 47.6 Å². The molecule has 0 rings (SSSR count). The number of rotatable bonds is 10. The molecule has 18 heavy (non-hydrogen) atoms. The maximum Gasteiger partial charge on any atom is 0.326 e. The summed E-state index contributed by atoms with van der Waals surface area (Å²) in [6.45, 7) is 0.569. The summed E-state index contributed by atoms with van der Waals surface area (Å²) in [5.74, 6) is -0.744. The van der Waals surface area contributed by atoms with Crippen LogP contribution in [0.3, 0.4) is 0 Å². The van der Waals surface area contributed by atoms with Gasteiger partial charge >= 0.3 is 5.97 Å². The molecule has 1 amide bonds. The highest BCUT2D eigenvalue weighted by atomic mass is 32.2. The fourth-order valence-electron chi connectivity index (χ4n) is 1.41. The second kappa shape index (κ2) is 10.2. The summed E-state index contributed by atoms with van der Waals surface area (Å²) < 4.78 is 0. The smallest absolute Gasteiger partial charge is 0.326 e. The first-order chi connectivity index (χ1) is 8.52. The molecule has 0 saturated carbocycles. The number of carboxylic acid groups (broad SMARTS) is 1. The van der Waals surface area contributed by atoms with Gasteiger partial charge in [-0.25, -0.2) is 4.79 Å². The number of carboxylic acids is 1. The molecule has 0 aromatic carbocycles. The van der Waals surface area contributed by atoms with Crippen molar-refractivity contribution in [3.63, 3.8) is 0 Å². The Bertz CT molecular complexity index is 264. The molecule has 6 N–H and O–H groups in total. The Morgan fingerprint density at radius 1 is 1.33 bits per heavy atom. The number of thioether (sulfide) groups is 1. The summed E-state index contributed by atoms with van der Waals surface area (Å²) in [5, 5.41) is 11.4. The first-order valence-corrected chi connectivity index (χ1v) is 7.40. The van der Waals surface area contributed by atoms with Crippen LogP contribution in [0.25, 0.3) is 0 Å². The van der Waals surface area contributed by atoms with E-state index in [2.05, 4.69) is 5.32 Å². The summed E-state index contributed by atoms with van der Waals surface area (Å²) in [4.78, 5) is 22.6. The lowest BCUT2D eigenvalue weighted by Gasteiger charge is -2.17. The highest BCUT2D eigenvalue weighted by Crippen LogP contribution is 2.03. The second-order valence-electron chi connectivity index (χ2n) is 4.07. The number of amides is 1. The molecular weight excluding hydrogens is 254 g/mol. The molecule has 7 heteroatoms. The third-order valence-corrected chi connectivity index (χ3v) is 3.18. The SMILES string of the molecule is CSCCC(NC(=O)C(N)CCCCN)C(=O)O. The highest BCUT2D eigenvalue weighted by molar-refractivity contribution is 7.98. The Morgan fingerprint density at radius 2 is 2.00 bits per heavy atom. The van der Waals surface area contributed by atoms with Crippen molar-refractivity contribution >= 4 is 23.6 Å². The Morgan fingerprint density at radius 3 is 2.50 bits per heavy atom. The largest absolute Gasteiger partial charge is 0.480 e. The van der Waals surface area contributed by atoms with Crippen LogP contribution >= 0.6 is 11.8 Å². The van der Waals surface area contributed by atoms with Gasteiger partial charge in [-0.3, -0.25) is 4.79 Å². The van der Waals surface area contributed by atoms with Crippen LogP contribution in [0.5, 0.6) is 0 Å². The van der Waals surface area contributed by atoms with Crippen molar-refractivity contribution < 1.29 is 14.7 Å². The number of nitrogens with one attached hydrogen (secondary N) is 1. The number of unbranched alkanes of at least 4 members (excludes halogenated alkanes) is 1. The lowest BCUT2D eigenvalue weighted by Crippen LogP contribution is -2.48. The zero-order valence-corrected chi connectivity index (χ0v) is 11.5. The van der Waals surface area contributed by atoms with Gasteiger partial charge in [-0.2, -0.15) is 11.8 Å². The molecule has 0 saturated heterocycles. The highest BCUT2D eigenvalue weighted by Gasteiger charge is 2.22. The molecule has 2 unspecified atom stereocenters. The van der Waals surface area contributed by atoms with Crippen LogP contribution in [0.2, 0.25) is 0 Å². The van der Waals surface area contributed by atoms with E-state index in [1.807, 2.05) is 6.26 Å². The van der Waals surface area contributed by atoms with E-state index in [-0.39, 0.29) is 0 Å². The number of nitrogens with two attached hydrogens (primary N) is 2. The number of hydrogen-bond donors (Lipinski definition) is 4. The monoisotopic (exact) mass is 277 g/mol. The number of carbonyl (C=O) groups is 2. The van der Waals surface area contributed by atoms with Crippen LogP contribution in [0.4, 0.5) is 0 Å². The van der Waals surface area contributed by atoms with Gasteiger partial charge < -0.3 is 21.9 Å². The third-order valence-electron chi connectivity index (χ3n) is 2.53. The molecule has 0 heterocycles. The van der Waals surface area contributed by atoms with Crippen molar-refractivity contribution in [2.24, 2.45) is 11.5 Å². The lowest BCUT2D eigenvalue weighted by molar-refractivity contribution is -0.142. The van der Waals surface area contributed by atoms with Gasteiger partial charge in [0.05, 0.1) is 6.04 Å². The molecule has 0 fully saturated rings. The van der Waals surface area contributed by atoms with Crippen LogP contribution in [-0.2, 0) is 9.59 Å². The van der Waals surface area contributed by atoms with Crippen LogP contribution in [0.15, 0.2) is 0 Å². The van der Waals surface area contributed by atoms with Gasteiger partial charge in [0.15, 0.2) is 0 Å². The Hall–Kier alpha value is -0.790. The minimum Gasteiger partial charge on any atom is -0.480 e. The molecule has 0 aliphatic carbocycles. The molecule has 0 bridgehead atoms. The van der Waals surface area contributed by atoms with E-state index in [1.165, 1.54) is 11.8 Å². The average molecular weight is 277 g/mol. The van der Waals surface area contributed by atoms with E-state index < -0.39 is 24.0 Å². The first kappa shape index (κ1) is 17.2. The maximum absolute atomic E-state index is 11.7. The van der Waals surface area contributed by atoms with Crippen molar-refractivity contribution in [1.82, 2.24) is 5.32 Å². The lowest BCUT2D eigenvalue weighted by atomic mass is 10.1. The van der Waals surface area contributed by atoms with Crippen LogP contribution in [0.1, 0.15) is 25.7 Å². The summed E-state index contributed by atoms with van der Waals surface area (Å²) in [6, 6.07) is -1.52. The van der Waals surface area contributed by atoms with Gasteiger partial charge in [-0.1, -0.05) is 6.42 Å². The second-order valence-corrected chi connectivity index (χ2v) is 5.06. The molecule has 106 valence electrons. The quantitative estimate of drug-likeness (QED) is 0.409. The van der Waals surface area contributed by atoms with Gasteiger partial charge in [0.2, 0.25) is 5.91 Å². The number of aliphatic carboxylic acids is 1. The van der Waals surface area contributed by atoms with Crippen molar-refractivity contribution in [3.8, 4) is 0 Å². The first-order valence-electron chi connectivity index (χ1n) is 6.00. The molecule has 0 aliphatic rings. The van der Waals surface area contributed by atoms with Crippen molar-refractivity contribution in [2.45, 2.75) is 37.8 Å². The maximum atomic E-state index is 11.7. The van der Waals surface area contributed by atoms with Gasteiger partial charge in [-0.05, 0) is 37.8 Å². The van der Waals surface area contributed by atoms with Crippen molar-refractivity contribution in [3.05, 3.63) is 0 Å².